The number of rotatable bonds is 4. The second-order valence-electron chi connectivity index (χ2n) is 4.89. The minimum absolute atomic E-state index is 0.380. The van der Waals surface area contributed by atoms with Gasteiger partial charge in [0.15, 0.2) is 0 Å². The lowest BCUT2D eigenvalue weighted by atomic mass is 10.0. The Balaban J connectivity index is 1.75. The summed E-state index contributed by atoms with van der Waals surface area (Å²) >= 11 is 8.05. The van der Waals surface area contributed by atoms with Gasteiger partial charge in [-0.1, -0.05) is 11.6 Å². The molecule has 0 fully saturated rings. The Hall–Kier alpha value is -0.970. The van der Waals surface area contributed by atoms with Gasteiger partial charge in [0.25, 0.3) is 0 Å². The fourth-order valence-electron chi connectivity index (χ4n) is 2.60. The van der Waals surface area contributed by atoms with E-state index in [0.29, 0.717) is 6.04 Å². The van der Waals surface area contributed by atoms with Crippen LogP contribution in [0, 0.1) is 0 Å². The molecule has 2 aromatic rings. The molecule has 1 atom stereocenters. The maximum Gasteiger partial charge on any atom is 0.0522 e. The Bertz CT molecular complexity index is 597. The van der Waals surface area contributed by atoms with Gasteiger partial charge in [0.2, 0.25) is 0 Å². The third-order valence-corrected chi connectivity index (χ3v) is 5.00. The first-order valence-electron chi connectivity index (χ1n) is 6.94. The van der Waals surface area contributed by atoms with Crippen LogP contribution in [0.1, 0.15) is 30.6 Å². The minimum Gasteiger partial charge on any atom is -0.304 e. The van der Waals surface area contributed by atoms with E-state index in [-0.39, 0.29) is 0 Å². The summed E-state index contributed by atoms with van der Waals surface area (Å²) in [5.41, 5.74) is 2.56. The molecule has 3 nitrogen and oxygen atoms in total. The second kappa shape index (κ2) is 6.20. The van der Waals surface area contributed by atoms with Crippen LogP contribution in [-0.4, -0.2) is 15.5 Å². The number of fused-ring (bicyclic) bond motifs is 1. The maximum atomic E-state index is 6.14. The van der Waals surface area contributed by atoms with Gasteiger partial charge in [0, 0.05) is 35.2 Å². The number of aromatic nitrogens is 2. The van der Waals surface area contributed by atoms with E-state index in [0.717, 1.165) is 30.3 Å². The van der Waals surface area contributed by atoms with Crippen molar-refractivity contribution in [3.05, 3.63) is 46.7 Å². The Morgan fingerprint density at radius 2 is 2.35 bits per heavy atom. The molecule has 0 spiro atoms. The van der Waals surface area contributed by atoms with Gasteiger partial charge in [-0.2, -0.15) is 5.10 Å². The molecule has 20 heavy (non-hydrogen) atoms. The van der Waals surface area contributed by atoms with Crippen molar-refractivity contribution in [2.24, 2.45) is 0 Å². The van der Waals surface area contributed by atoms with Crippen molar-refractivity contribution in [1.29, 1.82) is 0 Å². The zero-order chi connectivity index (χ0) is 13.9. The molecule has 2 heterocycles. The van der Waals surface area contributed by atoms with Gasteiger partial charge in [-0.15, -0.1) is 11.8 Å². The van der Waals surface area contributed by atoms with Gasteiger partial charge in [0.1, 0.15) is 0 Å². The number of nitrogens with one attached hydrogen (secondary N) is 1. The van der Waals surface area contributed by atoms with Crippen molar-refractivity contribution in [3.8, 4) is 0 Å². The predicted octanol–water partition coefficient (Wildman–Crippen LogP) is 3.88. The molecular weight excluding hydrogens is 290 g/mol. The molecule has 1 aliphatic heterocycles. The molecule has 0 radical (unpaired) electrons. The Morgan fingerprint density at radius 3 is 3.20 bits per heavy atom. The number of benzene rings is 1. The van der Waals surface area contributed by atoms with Crippen LogP contribution < -0.4 is 5.32 Å². The molecule has 0 aliphatic carbocycles. The average Bonchev–Trinajstić information content (AvgIpc) is 2.92. The van der Waals surface area contributed by atoms with E-state index in [1.807, 2.05) is 28.7 Å². The van der Waals surface area contributed by atoms with Crippen molar-refractivity contribution >= 4 is 23.4 Å². The molecule has 0 amide bonds. The molecule has 1 aromatic carbocycles. The summed E-state index contributed by atoms with van der Waals surface area (Å²) in [6, 6.07) is 8.66. The highest BCUT2D eigenvalue weighted by Gasteiger charge is 2.20. The predicted molar refractivity (Wildman–Crippen MR) is 84.3 cm³/mol. The summed E-state index contributed by atoms with van der Waals surface area (Å²) in [6.45, 7) is 3.87. The molecule has 1 aliphatic rings. The molecule has 1 unspecified atom stereocenters. The van der Waals surface area contributed by atoms with Crippen LogP contribution in [0.15, 0.2) is 35.4 Å². The number of aryl methyl sites for hydroxylation is 1. The number of nitrogens with zero attached hydrogens (tertiary/aromatic N) is 2. The van der Waals surface area contributed by atoms with Gasteiger partial charge < -0.3 is 5.32 Å². The van der Waals surface area contributed by atoms with Crippen molar-refractivity contribution < 1.29 is 0 Å². The van der Waals surface area contributed by atoms with Crippen LogP contribution in [0.4, 0.5) is 0 Å². The van der Waals surface area contributed by atoms with Crippen molar-refractivity contribution in [1.82, 2.24) is 15.1 Å². The fourth-order valence-corrected chi connectivity index (χ4v) is 3.89. The first-order chi connectivity index (χ1) is 9.78. The van der Waals surface area contributed by atoms with Crippen LogP contribution in [0.5, 0.6) is 0 Å². The lowest BCUT2D eigenvalue weighted by molar-refractivity contribution is 0.487. The third kappa shape index (κ3) is 2.87. The quantitative estimate of drug-likeness (QED) is 0.929. The van der Waals surface area contributed by atoms with E-state index in [2.05, 4.69) is 35.5 Å². The highest BCUT2D eigenvalue weighted by atomic mass is 35.5. The lowest BCUT2D eigenvalue weighted by Crippen LogP contribution is -2.25. The summed E-state index contributed by atoms with van der Waals surface area (Å²) < 4.78 is 2.03. The van der Waals surface area contributed by atoms with Crippen LogP contribution in [0.2, 0.25) is 5.02 Å². The van der Waals surface area contributed by atoms with Gasteiger partial charge in [-0.05, 0) is 48.9 Å². The first kappa shape index (κ1) is 14.0. The third-order valence-electron chi connectivity index (χ3n) is 3.64. The van der Waals surface area contributed by atoms with E-state index in [9.17, 15) is 0 Å². The normalized spacial score (nSPS) is 18.0. The van der Waals surface area contributed by atoms with Gasteiger partial charge >= 0.3 is 0 Å². The SMILES string of the molecule is CCn1nccc1CNC1CCSc2ccc(Cl)cc21. The zero-order valence-electron chi connectivity index (χ0n) is 11.5. The minimum atomic E-state index is 0.380. The highest BCUT2D eigenvalue weighted by Crippen LogP contribution is 2.37. The Morgan fingerprint density at radius 1 is 1.45 bits per heavy atom. The van der Waals surface area contributed by atoms with E-state index in [4.69, 9.17) is 11.6 Å². The number of halogens is 1. The Labute approximate surface area is 128 Å². The summed E-state index contributed by atoms with van der Waals surface area (Å²) in [7, 11) is 0. The number of hydrogen-bond acceptors (Lipinski definition) is 3. The van der Waals surface area contributed by atoms with E-state index >= 15 is 0 Å². The Kier molecular flexibility index (Phi) is 4.34. The molecule has 5 heteroatoms. The lowest BCUT2D eigenvalue weighted by Gasteiger charge is -2.26. The van der Waals surface area contributed by atoms with E-state index in [1.54, 1.807) is 0 Å². The molecule has 1 aromatic heterocycles. The van der Waals surface area contributed by atoms with Crippen molar-refractivity contribution in [3.63, 3.8) is 0 Å². The largest absolute Gasteiger partial charge is 0.304 e. The highest BCUT2D eigenvalue weighted by molar-refractivity contribution is 7.99. The van der Waals surface area contributed by atoms with E-state index in [1.165, 1.54) is 16.2 Å². The van der Waals surface area contributed by atoms with E-state index < -0.39 is 0 Å². The average molecular weight is 308 g/mol. The second-order valence-corrected chi connectivity index (χ2v) is 6.46. The van der Waals surface area contributed by atoms with Crippen LogP contribution in [-0.2, 0) is 13.1 Å². The van der Waals surface area contributed by atoms with Crippen LogP contribution >= 0.6 is 23.4 Å². The van der Waals surface area contributed by atoms with Crippen molar-refractivity contribution in [2.45, 2.75) is 37.4 Å². The smallest absolute Gasteiger partial charge is 0.0522 e. The maximum absolute atomic E-state index is 6.14. The van der Waals surface area contributed by atoms with Gasteiger partial charge in [-0.3, -0.25) is 4.68 Å². The fraction of sp³-hybridized carbons (Fsp3) is 0.400. The molecule has 106 valence electrons. The van der Waals surface area contributed by atoms with Gasteiger partial charge in [-0.25, -0.2) is 0 Å². The number of thioether (sulfide) groups is 1. The molecule has 0 saturated carbocycles. The molecule has 0 saturated heterocycles. The summed E-state index contributed by atoms with van der Waals surface area (Å²) in [5, 5.41) is 8.77. The molecular formula is C15H18ClN3S. The van der Waals surface area contributed by atoms with Crippen LogP contribution in [0.3, 0.4) is 0 Å². The zero-order valence-corrected chi connectivity index (χ0v) is 13.0. The number of hydrogen-bond donors (Lipinski definition) is 1. The van der Waals surface area contributed by atoms with Gasteiger partial charge in [0.05, 0.1) is 5.69 Å². The standard InChI is InChI=1S/C15H18ClN3S/c1-2-19-12(5-7-18-19)10-17-14-6-8-20-15-4-3-11(16)9-13(14)15/h3-5,7,9,14,17H,2,6,8,10H2,1H3. The summed E-state index contributed by atoms with van der Waals surface area (Å²) in [6.07, 6.45) is 3.00. The first-order valence-corrected chi connectivity index (χ1v) is 8.30. The molecule has 0 bridgehead atoms. The summed E-state index contributed by atoms with van der Waals surface area (Å²) in [5.74, 6) is 1.15. The topological polar surface area (TPSA) is 29.9 Å². The summed E-state index contributed by atoms with van der Waals surface area (Å²) in [4.78, 5) is 1.35. The molecule has 1 N–H and O–H groups in total. The monoisotopic (exact) mass is 307 g/mol. The van der Waals surface area contributed by atoms with Crippen molar-refractivity contribution in [2.75, 3.05) is 5.75 Å². The molecule has 3 rings (SSSR count). The van der Waals surface area contributed by atoms with Crippen LogP contribution in [0.25, 0.3) is 0 Å².